The number of fused-ring (bicyclic) bond motifs is 3. The van der Waals surface area contributed by atoms with Crippen molar-refractivity contribution >= 4 is 17.2 Å². The van der Waals surface area contributed by atoms with E-state index in [-0.39, 0.29) is 0 Å². The summed E-state index contributed by atoms with van der Waals surface area (Å²) < 4.78 is 2.03. The minimum atomic E-state index is 0.651. The maximum absolute atomic E-state index is 6.06. The third-order valence-corrected chi connectivity index (χ3v) is 5.62. The van der Waals surface area contributed by atoms with Crippen LogP contribution >= 0.6 is 11.6 Å². The van der Waals surface area contributed by atoms with Gasteiger partial charge in [0.1, 0.15) is 0 Å². The minimum Gasteiger partial charge on any atom is -0.264 e. The third-order valence-electron chi connectivity index (χ3n) is 5.37. The van der Waals surface area contributed by atoms with Gasteiger partial charge in [-0.3, -0.25) is 4.98 Å². The van der Waals surface area contributed by atoms with E-state index in [0.29, 0.717) is 5.92 Å². The number of nitrogens with zero attached hydrogens (tertiary/aromatic N) is 4. The van der Waals surface area contributed by atoms with Crippen LogP contribution in [0.2, 0.25) is 5.02 Å². The quantitative estimate of drug-likeness (QED) is 0.482. The monoisotopic (exact) mass is 374 g/mol. The molecule has 1 aliphatic carbocycles. The summed E-state index contributed by atoms with van der Waals surface area (Å²) >= 11 is 6.06. The van der Waals surface area contributed by atoms with Crippen molar-refractivity contribution in [2.75, 3.05) is 0 Å². The van der Waals surface area contributed by atoms with Crippen LogP contribution in [0, 0.1) is 5.92 Å². The van der Waals surface area contributed by atoms with Gasteiger partial charge in [0.05, 0.1) is 11.9 Å². The Morgan fingerprint density at radius 1 is 1.07 bits per heavy atom. The molecular formula is C22H19ClN4. The van der Waals surface area contributed by atoms with Crippen molar-refractivity contribution in [3.8, 4) is 22.4 Å². The zero-order valence-electron chi connectivity index (χ0n) is 15.1. The second-order valence-corrected chi connectivity index (χ2v) is 7.71. The third kappa shape index (κ3) is 2.81. The van der Waals surface area contributed by atoms with Crippen molar-refractivity contribution < 1.29 is 0 Å². The van der Waals surface area contributed by atoms with Crippen molar-refractivity contribution in [2.24, 2.45) is 5.92 Å². The van der Waals surface area contributed by atoms with E-state index in [1.54, 1.807) is 6.20 Å². The summed E-state index contributed by atoms with van der Waals surface area (Å²) in [4.78, 5) is 9.39. The summed E-state index contributed by atoms with van der Waals surface area (Å²) in [7, 11) is 0. The van der Waals surface area contributed by atoms with Crippen LogP contribution in [-0.4, -0.2) is 19.6 Å². The first-order valence-electron chi connectivity index (χ1n) is 9.26. The highest BCUT2D eigenvalue weighted by atomic mass is 35.5. The van der Waals surface area contributed by atoms with Gasteiger partial charge in [-0.05, 0) is 55.0 Å². The summed E-state index contributed by atoms with van der Waals surface area (Å²) in [6.45, 7) is 2.31. The molecule has 0 aliphatic heterocycles. The largest absolute Gasteiger partial charge is 0.264 e. The van der Waals surface area contributed by atoms with Crippen LogP contribution in [0.15, 0.2) is 55.0 Å². The zero-order chi connectivity index (χ0) is 18.4. The van der Waals surface area contributed by atoms with Crippen molar-refractivity contribution in [3.63, 3.8) is 0 Å². The van der Waals surface area contributed by atoms with E-state index in [9.17, 15) is 0 Å². The first kappa shape index (κ1) is 16.5. The molecule has 3 aromatic heterocycles. The molecule has 5 heteroatoms. The Labute approximate surface area is 162 Å². The highest BCUT2D eigenvalue weighted by molar-refractivity contribution is 6.30. The molecule has 134 valence electrons. The van der Waals surface area contributed by atoms with Crippen LogP contribution in [0.4, 0.5) is 0 Å². The summed E-state index contributed by atoms with van der Waals surface area (Å²) in [6, 6.07) is 11.9. The highest BCUT2D eigenvalue weighted by Gasteiger charge is 2.25. The van der Waals surface area contributed by atoms with Crippen LogP contribution in [-0.2, 0) is 12.8 Å². The average molecular weight is 375 g/mol. The van der Waals surface area contributed by atoms with Crippen LogP contribution in [0.25, 0.3) is 28.0 Å². The summed E-state index contributed by atoms with van der Waals surface area (Å²) in [5, 5.41) is 5.42. The van der Waals surface area contributed by atoms with E-state index in [2.05, 4.69) is 18.0 Å². The topological polar surface area (TPSA) is 43.1 Å². The lowest BCUT2D eigenvalue weighted by Gasteiger charge is -2.24. The lowest BCUT2D eigenvalue weighted by Crippen LogP contribution is -2.18. The molecular weight excluding hydrogens is 356 g/mol. The van der Waals surface area contributed by atoms with Gasteiger partial charge in [0.2, 0.25) is 0 Å². The number of hydrogen-bond acceptors (Lipinski definition) is 3. The number of pyridine rings is 1. The summed E-state index contributed by atoms with van der Waals surface area (Å²) in [5.41, 5.74) is 7.67. The van der Waals surface area contributed by atoms with Gasteiger partial charge in [0.15, 0.2) is 5.65 Å². The van der Waals surface area contributed by atoms with Gasteiger partial charge in [-0.1, -0.05) is 30.7 Å². The van der Waals surface area contributed by atoms with Crippen molar-refractivity contribution in [3.05, 3.63) is 71.3 Å². The zero-order valence-corrected chi connectivity index (χ0v) is 15.8. The standard InChI is InChI=1S/C22H19ClN4/c1-14-4-9-20-18(11-14)21(16-3-2-10-24-12-16)26-22-19(13-25-27(20)22)15-5-7-17(23)8-6-15/h2-3,5-8,10,12-14H,4,9,11H2,1H3. The van der Waals surface area contributed by atoms with Crippen LogP contribution in [0.3, 0.4) is 0 Å². The Hall–Kier alpha value is -2.72. The Morgan fingerprint density at radius 3 is 2.70 bits per heavy atom. The smallest absolute Gasteiger partial charge is 0.163 e. The van der Waals surface area contributed by atoms with E-state index in [1.165, 1.54) is 17.7 Å². The van der Waals surface area contributed by atoms with Gasteiger partial charge in [-0.15, -0.1) is 0 Å². The van der Waals surface area contributed by atoms with Crippen molar-refractivity contribution in [1.29, 1.82) is 0 Å². The number of benzene rings is 1. The molecule has 27 heavy (non-hydrogen) atoms. The molecule has 1 atom stereocenters. The average Bonchev–Trinajstić information content (AvgIpc) is 3.12. The normalized spacial score (nSPS) is 16.4. The van der Waals surface area contributed by atoms with E-state index >= 15 is 0 Å². The Kier molecular flexibility index (Phi) is 3.94. The van der Waals surface area contributed by atoms with Crippen LogP contribution in [0.5, 0.6) is 0 Å². The van der Waals surface area contributed by atoms with Crippen LogP contribution in [0.1, 0.15) is 24.6 Å². The molecule has 0 N–H and O–H groups in total. The molecule has 0 saturated carbocycles. The lowest BCUT2D eigenvalue weighted by atomic mass is 9.86. The van der Waals surface area contributed by atoms with Gasteiger partial charge in [-0.25, -0.2) is 9.50 Å². The Morgan fingerprint density at radius 2 is 1.93 bits per heavy atom. The first-order valence-corrected chi connectivity index (χ1v) is 9.64. The fourth-order valence-electron chi connectivity index (χ4n) is 3.96. The summed E-state index contributed by atoms with van der Waals surface area (Å²) in [6.07, 6.45) is 8.83. The molecule has 3 heterocycles. The summed E-state index contributed by atoms with van der Waals surface area (Å²) in [5.74, 6) is 0.651. The SMILES string of the molecule is CC1CCc2c(c(-c3cccnc3)nc3c(-c4ccc(Cl)cc4)cnn23)C1. The van der Waals surface area contributed by atoms with Crippen LogP contribution < -0.4 is 0 Å². The van der Waals surface area contributed by atoms with Crippen molar-refractivity contribution in [2.45, 2.75) is 26.2 Å². The van der Waals surface area contributed by atoms with E-state index < -0.39 is 0 Å². The molecule has 0 saturated heterocycles. The molecule has 4 nitrogen and oxygen atoms in total. The number of aromatic nitrogens is 4. The van der Waals surface area contributed by atoms with E-state index in [1.807, 2.05) is 47.2 Å². The molecule has 0 amide bonds. The fourth-order valence-corrected chi connectivity index (χ4v) is 4.09. The van der Waals surface area contributed by atoms with E-state index in [0.717, 1.165) is 45.9 Å². The maximum Gasteiger partial charge on any atom is 0.163 e. The maximum atomic E-state index is 6.06. The van der Waals surface area contributed by atoms with Gasteiger partial charge in [0.25, 0.3) is 0 Å². The van der Waals surface area contributed by atoms with Gasteiger partial charge >= 0.3 is 0 Å². The first-order chi connectivity index (χ1) is 13.2. The van der Waals surface area contributed by atoms with Gasteiger partial charge in [0, 0.05) is 39.8 Å². The molecule has 0 spiro atoms. The highest BCUT2D eigenvalue weighted by Crippen LogP contribution is 2.35. The Balaban J connectivity index is 1.79. The number of rotatable bonds is 2. The van der Waals surface area contributed by atoms with Gasteiger partial charge in [-0.2, -0.15) is 5.10 Å². The molecule has 1 aliphatic rings. The second kappa shape index (κ2) is 6.46. The molecule has 4 aromatic rings. The fraction of sp³-hybridized carbons (Fsp3) is 0.227. The number of aryl methyl sites for hydroxylation is 1. The molecule has 5 rings (SSSR count). The molecule has 1 aromatic carbocycles. The molecule has 0 bridgehead atoms. The predicted octanol–water partition coefficient (Wildman–Crippen LogP) is 5.24. The number of halogens is 1. The molecule has 0 radical (unpaired) electrons. The minimum absolute atomic E-state index is 0.651. The molecule has 0 fully saturated rings. The number of hydrogen-bond donors (Lipinski definition) is 0. The van der Waals surface area contributed by atoms with Crippen molar-refractivity contribution in [1.82, 2.24) is 19.6 Å². The predicted molar refractivity (Wildman–Crippen MR) is 108 cm³/mol. The van der Waals surface area contributed by atoms with Gasteiger partial charge < -0.3 is 0 Å². The molecule has 1 unspecified atom stereocenters. The lowest BCUT2D eigenvalue weighted by molar-refractivity contribution is 0.486. The van der Waals surface area contributed by atoms with E-state index in [4.69, 9.17) is 21.7 Å². The Bertz CT molecular complexity index is 1120. The second-order valence-electron chi connectivity index (χ2n) is 7.28.